The van der Waals surface area contributed by atoms with Crippen molar-refractivity contribution >= 4 is 37.7 Å². The van der Waals surface area contributed by atoms with Crippen molar-refractivity contribution < 1.29 is 0 Å². The number of pyridine rings is 1. The molecule has 0 bridgehead atoms. The minimum absolute atomic E-state index is 0.429. The highest BCUT2D eigenvalue weighted by atomic mass is 79.9. The molecule has 1 N–H and O–H groups in total. The third kappa shape index (κ3) is 4.42. The van der Waals surface area contributed by atoms with Crippen LogP contribution in [0.1, 0.15) is 20.3 Å². The summed E-state index contributed by atoms with van der Waals surface area (Å²) in [6.07, 6.45) is 2.88. The number of nitrogens with one attached hydrogen (secondary N) is 1. The van der Waals surface area contributed by atoms with Crippen LogP contribution in [0, 0.1) is 0 Å². The zero-order chi connectivity index (χ0) is 10.6. The Morgan fingerprint density at radius 3 is 2.64 bits per heavy atom. The van der Waals surface area contributed by atoms with Crippen LogP contribution in [0.2, 0.25) is 0 Å². The number of aromatic nitrogens is 1. The molecule has 0 saturated heterocycles. The van der Waals surface area contributed by atoms with Crippen LogP contribution < -0.4 is 5.32 Å². The summed E-state index contributed by atoms with van der Waals surface area (Å²) >= 11 is 6.89. The first-order valence-electron chi connectivity index (χ1n) is 4.60. The molecule has 0 aliphatic heterocycles. The van der Waals surface area contributed by atoms with E-state index in [-0.39, 0.29) is 0 Å². The SMILES string of the molecule is CC(Br)CC(C)Nc1ccc(Br)cn1. The predicted molar refractivity (Wildman–Crippen MR) is 68.0 cm³/mol. The molecule has 1 aromatic rings. The van der Waals surface area contributed by atoms with Gasteiger partial charge in [0.25, 0.3) is 0 Å². The van der Waals surface area contributed by atoms with Crippen LogP contribution in [-0.4, -0.2) is 15.9 Å². The zero-order valence-electron chi connectivity index (χ0n) is 8.30. The standard InChI is InChI=1S/C10H14Br2N2/c1-7(11)5-8(2)14-10-4-3-9(12)6-13-10/h3-4,6-8H,5H2,1-2H3,(H,13,14). The van der Waals surface area contributed by atoms with E-state index in [9.17, 15) is 0 Å². The van der Waals surface area contributed by atoms with E-state index >= 15 is 0 Å². The van der Waals surface area contributed by atoms with Crippen molar-refractivity contribution in [3.8, 4) is 0 Å². The molecule has 0 aromatic carbocycles. The van der Waals surface area contributed by atoms with Gasteiger partial charge in [0.15, 0.2) is 0 Å². The molecule has 14 heavy (non-hydrogen) atoms. The van der Waals surface area contributed by atoms with Gasteiger partial charge in [0, 0.05) is 21.5 Å². The average molecular weight is 322 g/mol. The molecule has 1 rings (SSSR count). The van der Waals surface area contributed by atoms with Gasteiger partial charge in [-0.25, -0.2) is 4.98 Å². The summed E-state index contributed by atoms with van der Waals surface area (Å²) in [6, 6.07) is 4.39. The van der Waals surface area contributed by atoms with Crippen molar-refractivity contribution in [2.75, 3.05) is 5.32 Å². The molecule has 1 aromatic heterocycles. The number of hydrogen-bond acceptors (Lipinski definition) is 2. The number of hydrogen-bond donors (Lipinski definition) is 1. The molecular formula is C10H14Br2N2. The van der Waals surface area contributed by atoms with Crippen molar-refractivity contribution in [3.05, 3.63) is 22.8 Å². The number of nitrogens with zero attached hydrogens (tertiary/aromatic N) is 1. The van der Waals surface area contributed by atoms with Gasteiger partial charge in [-0.2, -0.15) is 0 Å². The van der Waals surface area contributed by atoms with Gasteiger partial charge in [-0.1, -0.05) is 22.9 Å². The van der Waals surface area contributed by atoms with E-state index < -0.39 is 0 Å². The summed E-state index contributed by atoms with van der Waals surface area (Å²) in [6.45, 7) is 4.30. The van der Waals surface area contributed by atoms with Crippen LogP contribution in [-0.2, 0) is 0 Å². The topological polar surface area (TPSA) is 24.9 Å². The van der Waals surface area contributed by atoms with E-state index in [2.05, 4.69) is 56.0 Å². The van der Waals surface area contributed by atoms with Crippen molar-refractivity contribution in [2.45, 2.75) is 31.1 Å². The van der Waals surface area contributed by atoms with Crippen molar-refractivity contribution in [2.24, 2.45) is 0 Å². The molecule has 0 fully saturated rings. The van der Waals surface area contributed by atoms with Crippen LogP contribution in [0.25, 0.3) is 0 Å². The number of rotatable bonds is 4. The van der Waals surface area contributed by atoms with Gasteiger partial charge >= 0.3 is 0 Å². The smallest absolute Gasteiger partial charge is 0.126 e. The van der Waals surface area contributed by atoms with E-state index in [1.807, 2.05) is 12.1 Å². The summed E-state index contributed by atoms with van der Waals surface area (Å²) in [7, 11) is 0. The molecule has 2 nitrogen and oxygen atoms in total. The summed E-state index contributed by atoms with van der Waals surface area (Å²) in [5.74, 6) is 0.925. The molecule has 0 spiro atoms. The van der Waals surface area contributed by atoms with Gasteiger partial charge in [-0.15, -0.1) is 0 Å². The summed E-state index contributed by atoms with van der Waals surface area (Å²) in [5, 5.41) is 3.34. The van der Waals surface area contributed by atoms with Crippen molar-refractivity contribution in [1.29, 1.82) is 0 Å². The van der Waals surface area contributed by atoms with Crippen LogP contribution in [0.4, 0.5) is 5.82 Å². The molecule has 78 valence electrons. The van der Waals surface area contributed by atoms with Crippen LogP contribution in [0.3, 0.4) is 0 Å². The van der Waals surface area contributed by atoms with Crippen LogP contribution >= 0.6 is 31.9 Å². The minimum Gasteiger partial charge on any atom is -0.368 e. The molecule has 0 aliphatic carbocycles. The fraction of sp³-hybridized carbons (Fsp3) is 0.500. The lowest BCUT2D eigenvalue weighted by atomic mass is 10.2. The van der Waals surface area contributed by atoms with E-state index in [1.165, 1.54) is 0 Å². The maximum Gasteiger partial charge on any atom is 0.126 e. The lowest BCUT2D eigenvalue weighted by molar-refractivity contribution is 0.705. The van der Waals surface area contributed by atoms with Gasteiger partial charge in [0.2, 0.25) is 0 Å². The summed E-state index contributed by atoms with van der Waals surface area (Å²) in [4.78, 5) is 4.78. The van der Waals surface area contributed by atoms with E-state index in [0.717, 1.165) is 16.7 Å². The zero-order valence-corrected chi connectivity index (χ0v) is 11.5. The molecule has 1 heterocycles. The maximum absolute atomic E-state index is 4.25. The van der Waals surface area contributed by atoms with Crippen LogP contribution in [0.15, 0.2) is 22.8 Å². The quantitative estimate of drug-likeness (QED) is 0.853. The van der Waals surface area contributed by atoms with Crippen molar-refractivity contribution in [3.63, 3.8) is 0 Å². The number of alkyl halides is 1. The monoisotopic (exact) mass is 320 g/mol. The first-order valence-corrected chi connectivity index (χ1v) is 6.31. The molecular weight excluding hydrogens is 308 g/mol. The third-order valence-electron chi connectivity index (χ3n) is 1.80. The highest BCUT2D eigenvalue weighted by Crippen LogP contribution is 2.14. The van der Waals surface area contributed by atoms with E-state index in [1.54, 1.807) is 6.20 Å². The van der Waals surface area contributed by atoms with Gasteiger partial charge < -0.3 is 5.32 Å². The Balaban J connectivity index is 2.47. The number of anilines is 1. The van der Waals surface area contributed by atoms with Gasteiger partial charge in [-0.3, -0.25) is 0 Å². The predicted octanol–water partition coefficient (Wildman–Crippen LogP) is 3.82. The second-order valence-electron chi connectivity index (χ2n) is 3.42. The molecule has 0 aliphatic rings. The highest BCUT2D eigenvalue weighted by Gasteiger charge is 2.05. The lowest BCUT2D eigenvalue weighted by Gasteiger charge is -2.15. The highest BCUT2D eigenvalue weighted by molar-refractivity contribution is 9.10. The third-order valence-corrected chi connectivity index (χ3v) is 2.64. The van der Waals surface area contributed by atoms with E-state index in [4.69, 9.17) is 0 Å². The van der Waals surface area contributed by atoms with Gasteiger partial charge in [-0.05, 0) is 41.4 Å². The Morgan fingerprint density at radius 2 is 2.14 bits per heavy atom. The van der Waals surface area contributed by atoms with Crippen LogP contribution in [0.5, 0.6) is 0 Å². The molecule has 2 atom stereocenters. The average Bonchev–Trinajstić information content (AvgIpc) is 2.07. The van der Waals surface area contributed by atoms with E-state index in [0.29, 0.717) is 10.9 Å². The van der Waals surface area contributed by atoms with Gasteiger partial charge in [0.05, 0.1) is 0 Å². The molecule has 0 amide bonds. The Labute approximate surface area is 102 Å². The molecule has 0 saturated carbocycles. The Hall–Kier alpha value is -0.0900. The molecule has 2 unspecified atom stereocenters. The summed E-state index contributed by atoms with van der Waals surface area (Å²) in [5.41, 5.74) is 0. The Kier molecular flexibility index (Phi) is 4.89. The van der Waals surface area contributed by atoms with Crippen molar-refractivity contribution in [1.82, 2.24) is 4.98 Å². The number of halogens is 2. The van der Waals surface area contributed by atoms with Gasteiger partial charge in [0.1, 0.15) is 5.82 Å². The normalized spacial score (nSPS) is 14.9. The second kappa shape index (κ2) is 5.71. The molecule has 0 radical (unpaired) electrons. The first-order chi connectivity index (χ1) is 6.58. The summed E-state index contributed by atoms with van der Waals surface area (Å²) < 4.78 is 1.00. The second-order valence-corrected chi connectivity index (χ2v) is 5.90. The Bertz CT molecular complexity index is 272. The fourth-order valence-electron chi connectivity index (χ4n) is 1.26. The Morgan fingerprint density at radius 1 is 1.43 bits per heavy atom. The first kappa shape index (κ1) is 12.0. The maximum atomic E-state index is 4.25. The molecule has 4 heteroatoms. The minimum atomic E-state index is 0.429. The fourth-order valence-corrected chi connectivity index (χ4v) is 2.06. The lowest BCUT2D eigenvalue weighted by Crippen LogP contribution is -2.18. The largest absolute Gasteiger partial charge is 0.368 e.